The molecule has 0 unspecified atom stereocenters. The molecule has 70 valence electrons. The molecule has 0 amide bonds. The molecule has 0 aromatic heterocycles. The van der Waals surface area contributed by atoms with Crippen LogP contribution in [-0.4, -0.2) is 17.8 Å². The molecule has 0 spiro atoms. The molecule has 0 saturated carbocycles. The summed E-state index contributed by atoms with van der Waals surface area (Å²) in [7, 11) is 0. The molecule has 1 aliphatic carbocycles. The van der Waals surface area contributed by atoms with Gasteiger partial charge in [-0.25, -0.2) is 0 Å². The van der Waals surface area contributed by atoms with Gasteiger partial charge in [0.2, 0.25) is 0 Å². The van der Waals surface area contributed by atoms with Gasteiger partial charge in [0.25, 0.3) is 0 Å². The Morgan fingerprint density at radius 3 is 3.08 bits per heavy atom. The predicted molar refractivity (Wildman–Crippen MR) is 47.7 cm³/mol. The molecule has 1 aliphatic rings. The van der Waals surface area contributed by atoms with E-state index in [1.54, 1.807) is 0 Å². The fourth-order valence-corrected chi connectivity index (χ4v) is 1.29. The minimum Gasteiger partial charge on any atom is -0.509 e. The molecular weight excluding hydrogens is 154 g/mol. The van der Waals surface area contributed by atoms with Crippen molar-refractivity contribution in [3.63, 3.8) is 0 Å². The van der Waals surface area contributed by atoms with Crippen LogP contribution in [0.5, 0.6) is 0 Å². The number of hydrogen-bond donors (Lipinski definition) is 2. The van der Waals surface area contributed by atoms with Gasteiger partial charge in [-0.3, -0.25) is 0 Å². The first-order chi connectivity index (χ1) is 5.74. The largest absolute Gasteiger partial charge is 0.509 e. The summed E-state index contributed by atoms with van der Waals surface area (Å²) in [6, 6.07) is 0.160. The normalized spacial score (nSPS) is 24.3. The predicted octanol–water partition coefficient (Wildman–Crippen LogP) is 1.69. The number of ether oxygens (including phenoxy) is 1. The van der Waals surface area contributed by atoms with E-state index in [1.165, 1.54) is 0 Å². The first kappa shape index (κ1) is 9.39. The van der Waals surface area contributed by atoms with Gasteiger partial charge in [0, 0.05) is 18.9 Å². The second kappa shape index (κ2) is 4.36. The Morgan fingerprint density at radius 2 is 2.42 bits per heavy atom. The first-order valence-electron chi connectivity index (χ1n) is 4.53. The Balaban J connectivity index is 2.46. The fraction of sp³-hybridized carbons (Fsp3) is 0.778. The lowest BCUT2D eigenvalue weighted by Crippen LogP contribution is -2.25. The monoisotopic (exact) mass is 171 g/mol. The van der Waals surface area contributed by atoms with Crippen molar-refractivity contribution in [2.75, 3.05) is 6.61 Å². The van der Waals surface area contributed by atoms with Crippen molar-refractivity contribution < 1.29 is 9.84 Å². The molecule has 3 nitrogen and oxygen atoms in total. The molecule has 1 rings (SSSR count). The Bertz CT molecular complexity index is 177. The number of aliphatic hydroxyl groups is 1. The van der Waals surface area contributed by atoms with Gasteiger partial charge in [-0.15, -0.1) is 0 Å². The van der Waals surface area contributed by atoms with E-state index in [-0.39, 0.29) is 6.04 Å². The second-order valence-electron chi connectivity index (χ2n) is 3.22. The molecule has 0 saturated heterocycles. The van der Waals surface area contributed by atoms with E-state index in [2.05, 4.69) is 0 Å². The van der Waals surface area contributed by atoms with Crippen LogP contribution in [-0.2, 0) is 4.74 Å². The summed E-state index contributed by atoms with van der Waals surface area (Å²) in [4.78, 5) is 0. The van der Waals surface area contributed by atoms with Crippen LogP contribution >= 0.6 is 0 Å². The third-order valence-electron chi connectivity index (χ3n) is 2.00. The number of hydrogen-bond acceptors (Lipinski definition) is 3. The zero-order chi connectivity index (χ0) is 8.97. The molecule has 1 atom stereocenters. The average molecular weight is 171 g/mol. The van der Waals surface area contributed by atoms with Crippen molar-refractivity contribution in [2.45, 2.75) is 38.6 Å². The van der Waals surface area contributed by atoms with Crippen molar-refractivity contribution in [3.05, 3.63) is 11.5 Å². The van der Waals surface area contributed by atoms with Crippen molar-refractivity contribution in [1.82, 2.24) is 0 Å². The van der Waals surface area contributed by atoms with E-state index < -0.39 is 0 Å². The Morgan fingerprint density at radius 1 is 1.67 bits per heavy atom. The van der Waals surface area contributed by atoms with Crippen LogP contribution in [0.4, 0.5) is 0 Å². The topological polar surface area (TPSA) is 55.5 Å². The number of nitrogens with two attached hydrogens (primary N) is 1. The molecule has 0 bridgehead atoms. The van der Waals surface area contributed by atoms with Crippen LogP contribution in [0.1, 0.15) is 32.6 Å². The van der Waals surface area contributed by atoms with E-state index >= 15 is 0 Å². The van der Waals surface area contributed by atoms with E-state index in [0.717, 1.165) is 12.8 Å². The quantitative estimate of drug-likeness (QED) is 0.679. The van der Waals surface area contributed by atoms with E-state index in [9.17, 15) is 5.11 Å². The summed E-state index contributed by atoms with van der Waals surface area (Å²) >= 11 is 0. The van der Waals surface area contributed by atoms with Gasteiger partial charge in [0.1, 0.15) is 11.5 Å². The van der Waals surface area contributed by atoms with Crippen molar-refractivity contribution in [3.8, 4) is 0 Å². The van der Waals surface area contributed by atoms with Crippen LogP contribution < -0.4 is 5.73 Å². The van der Waals surface area contributed by atoms with Crippen molar-refractivity contribution in [1.29, 1.82) is 0 Å². The standard InChI is InChI=1S/C9H17NO2/c1-2-5-12-9-6-7(10)3-4-8(9)11/h7,11H,2-6,10H2,1H3/t7-/m1/s1. The lowest BCUT2D eigenvalue weighted by molar-refractivity contribution is 0.163. The van der Waals surface area contributed by atoms with Gasteiger partial charge in [0.15, 0.2) is 0 Å². The highest BCUT2D eigenvalue weighted by atomic mass is 16.5. The molecule has 12 heavy (non-hydrogen) atoms. The molecule has 0 aromatic carbocycles. The second-order valence-corrected chi connectivity index (χ2v) is 3.22. The van der Waals surface area contributed by atoms with Crippen molar-refractivity contribution in [2.24, 2.45) is 5.73 Å². The van der Waals surface area contributed by atoms with E-state index in [1.807, 2.05) is 6.92 Å². The lowest BCUT2D eigenvalue weighted by atomic mass is 10.00. The summed E-state index contributed by atoms with van der Waals surface area (Å²) in [5.74, 6) is 1.10. The van der Waals surface area contributed by atoms with Crippen LogP contribution in [0.25, 0.3) is 0 Å². The molecule has 0 aliphatic heterocycles. The molecule has 0 heterocycles. The highest BCUT2D eigenvalue weighted by Gasteiger charge is 2.18. The molecular formula is C9H17NO2. The zero-order valence-corrected chi connectivity index (χ0v) is 7.55. The number of aliphatic hydroxyl groups excluding tert-OH is 1. The smallest absolute Gasteiger partial charge is 0.135 e. The van der Waals surface area contributed by atoms with E-state index in [0.29, 0.717) is 31.0 Å². The summed E-state index contributed by atoms with van der Waals surface area (Å²) in [6.45, 7) is 2.71. The minimum absolute atomic E-state index is 0.160. The minimum atomic E-state index is 0.160. The Hall–Kier alpha value is -0.700. The molecule has 3 heteroatoms. The highest BCUT2D eigenvalue weighted by Crippen LogP contribution is 2.22. The highest BCUT2D eigenvalue weighted by molar-refractivity contribution is 5.06. The lowest BCUT2D eigenvalue weighted by Gasteiger charge is -2.21. The third-order valence-corrected chi connectivity index (χ3v) is 2.00. The summed E-state index contributed by atoms with van der Waals surface area (Å²) in [5.41, 5.74) is 5.73. The summed E-state index contributed by atoms with van der Waals surface area (Å²) in [6.07, 6.45) is 3.18. The molecule has 3 N–H and O–H groups in total. The van der Waals surface area contributed by atoms with E-state index in [4.69, 9.17) is 10.5 Å². The molecule has 0 fully saturated rings. The van der Waals surface area contributed by atoms with Gasteiger partial charge in [-0.2, -0.15) is 0 Å². The Kier molecular flexibility index (Phi) is 3.41. The van der Waals surface area contributed by atoms with Crippen molar-refractivity contribution >= 4 is 0 Å². The first-order valence-corrected chi connectivity index (χ1v) is 4.53. The van der Waals surface area contributed by atoms with Crippen LogP contribution in [0, 0.1) is 0 Å². The maximum Gasteiger partial charge on any atom is 0.135 e. The third kappa shape index (κ3) is 2.41. The fourth-order valence-electron chi connectivity index (χ4n) is 1.29. The SMILES string of the molecule is CCCOC1=C(O)CC[C@@H](N)C1. The van der Waals surface area contributed by atoms with Gasteiger partial charge in [0.05, 0.1) is 6.61 Å². The van der Waals surface area contributed by atoms with Crippen LogP contribution in [0.3, 0.4) is 0 Å². The average Bonchev–Trinajstić information content (AvgIpc) is 2.07. The molecule has 0 aromatic rings. The number of allylic oxidation sites excluding steroid dienone is 1. The van der Waals surface area contributed by atoms with Crippen LogP contribution in [0.15, 0.2) is 11.5 Å². The number of rotatable bonds is 3. The van der Waals surface area contributed by atoms with Gasteiger partial charge < -0.3 is 15.6 Å². The summed E-state index contributed by atoms with van der Waals surface area (Å²) in [5, 5.41) is 9.41. The summed E-state index contributed by atoms with van der Waals surface area (Å²) < 4.78 is 5.36. The Labute approximate surface area is 73.2 Å². The maximum atomic E-state index is 9.41. The van der Waals surface area contributed by atoms with Gasteiger partial charge >= 0.3 is 0 Å². The van der Waals surface area contributed by atoms with Crippen LogP contribution in [0.2, 0.25) is 0 Å². The zero-order valence-electron chi connectivity index (χ0n) is 7.55. The van der Waals surface area contributed by atoms with Gasteiger partial charge in [-0.1, -0.05) is 6.92 Å². The van der Waals surface area contributed by atoms with Gasteiger partial charge in [-0.05, 0) is 12.8 Å². The molecule has 0 radical (unpaired) electrons. The maximum absolute atomic E-state index is 9.41.